The average Bonchev–Trinajstić information content (AvgIpc) is 2.15. The molecule has 90 valence electrons. The molecule has 0 atom stereocenters. The number of esters is 1. The van der Waals surface area contributed by atoms with Crippen LogP contribution < -0.4 is 0 Å². The maximum absolute atomic E-state index is 10.7. The summed E-state index contributed by atoms with van der Waals surface area (Å²) in [6.07, 6.45) is -0.873. The molecule has 0 aromatic rings. The molecular weight excluding hydrogens is 224 g/mol. The summed E-state index contributed by atoms with van der Waals surface area (Å²) in [5.41, 5.74) is 0. The Balaban J connectivity index is 2.69. The minimum atomic E-state index is -0.873. The van der Waals surface area contributed by atoms with E-state index in [9.17, 15) is 25.0 Å². The summed E-state index contributed by atoms with van der Waals surface area (Å²) >= 11 is 0. The standard InChI is InChI=1S/C6H10N4O6/c1-5(11)16-6-2-7(9(12)13)4-8(3-6)10(14)15/h6H,2-4H2,1H3. The Hall–Kier alpha value is -2.13. The lowest BCUT2D eigenvalue weighted by molar-refractivity contribution is -0.721. The number of rotatable bonds is 3. The maximum Gasteiger partial charge on any atom is 0.303 e. The Morgan fingerprint density at radius 3 is 2.00 bits per heavy atom. The first-order valence-corrected chi connectivity index (χ1v) is 4.36. The minimum Gasteiger partial charge on any atom is -0.458 e. The zero-order valence-corrected chi connectivity index (χ0v) is 8.44. The van der Waals surface area contributed by atoms with Gasteiger partial charge in [-0.25, -0.2) is 20.2 Å². The number of carbonyl (C=O) groups is 1. The molecule has 0 aromatic carbocycles. The van der Waals surface area contributed by atoms with Crippen molar-refractivity contribution in [2.75, 3.05) is 19.8 Å². The molecule has 1 rings (SSSR count). The van der Waals surface area contributed by atoms with E-state index in [0.717, 1.165) is 6.92 Å². The third-order valence-corrected chi connectivity index (χ3v) is 1.95. The fourth-order valence-electron chi connectivity index (χ4n) is 1.38. The summed E-state index contributed by atoms with van der Waals surface area (Å²) in [6.45, 7) is 0.396. The van der Waals surface area contributed by atoms with Crippen molar-refractivity contribution >= 4 is 5.97 Å². The van der Waals surface area contributed by atoms with Crippen molar-refractivity contribution in [2.24, 2.45) is 0 Å². The average molecular weight is 234 g/mol. The van der Waals surface area contributed by atoms with Gasteiger partial charge in [0.25, 0.3) is 0 Å². The number of ether oxygens (including phenoxy) is 1. The summed E-state index contributed by atoms with van der Waals surface area (Å²) in [6, 6.07) is 0. The highest BCUT2D eigenvalue weighted by Gasteiger charge is 2.37. The third kappa shape index (κ3) is 2.93. The second-order valence-electron chi connectivity index (χ2n) is 3.23. The second-order valence-corrected chi connectivity index (χ2v) is 3.23. The highest BCUT2D eigenvalue weighted by Crippen LogP contribution is 2.09. The van der Waals surface area contributed by atoms with E-state index in [4.69, 9.17) is 4.74 Å². The van der Waals surface area contributed by atoms with Gasteiger partial charge in [0.05, 0.1) is 0 Å². The molecule has 10 nitrogen and oxygen atoms in total. The molecule has 0 saturated carbocycles. The van der Waals surface area contributed by atoms with E-state index in [1.165, 1.54) is 0 Å². The Labute approximate surface area is 89.6 Å². The molecule has 0 aliphatic carbocycles. The molecule has 0 spiro atoms. The van der Waals surface area contributed by atoms with Crippen molar-refractivity contribution in [3.05, 3.63) is 20.2 Å². The van der Waals surface area contributed by atoms with Gasteiger partial charge in [-0.15, -0.1) is 0 Å². The van der Waals surface area contributed by atoms with Crippen LogP contribution in [0.1, 0.15) is 6.92 Å². The van der Waals surface area contributed by atoms with Gasteiger partial charge in [0.2, 0.25) is 6.67 Å². The van der Waals surface area contributed by atoms with Crippen LogP contribution in [0.3, 0.4) is 0 Å². The van der Waals surface area contributed by atoms with Gasteiger partial charge in [0, 0.05) is 6.92 Å². The molecule has 1 aliphatic heterocycles. The summed E-state index contributed by atoms with van der Waals surface area (Å²) in [4.78, 5) is 31.7. The number of hydrogen-bond acceptors (Lipinski definition) is 6. The van der Waals surface area contributed by atoms with Crippen molar-refractivity contribution in [3.8, 4) is 0 Å². The van der Waals surface area contributed by atoms with Gasteiger partial charge in [-0.3, -0.25) is 4.79 Å². The van der Waals surface area contributed by atoms with E-state index in [2.05, 4.69) is 0 Å². The molecule has 0 unspecified atom stereocenters. The molecule has 0 amide bonds. The van der Waals surface area contributed by atoms with Crippen molar-refractivity contribution in [1.82, 2.24) is 10.0 Å². The minimum absolute atomic E-state index is 0.156. The van der Waals surface area contributed by atoms with Crippen LogP contribution in [0.25, 0.3) is 0 Å². The number of hydrogen-bond donors (Lipinski definition) is 0. The largest absolute Gasteiger partial charge is 0.458 e. The molecule has 0 bridgehead atoms. The first kappa shape index (κ1) is 11.9. The zero-order valence-electron chi connectivity index (χ0n) is 8.44. The predicted molar refractivity (Wildman–Crippen MR) is 47.8 cm³/mol. The number of carbonyl (C=O) groups excluding carboxylic acids is 1. The Kier molecular flexibility index (Phi) is 3.43. The highest BCUT2D eigenvalue weighted by atomic mass is 16.7. The Morgan fingerprint density at radius 2 is 1.69 bits per heavy atom. The number of nitro groups is 2. The van der Waals surface area contributed by atoms with Gasteiger partial charge in [0.1, 0.15) is 19.2 Å². The second kappa shape index (κ2) is 4.59. The summed E-state index contributed by atoms with van der Waals surface area (Å²) in [7, 11) is 0. The molecule has 0 radical (unpaired) electrons. The molecule has 10 heteroatoms. The van der Waals surface area contributed by atoms with Crippen LogP contribution >= 0.6 is 0 Å². The van der Waals surface area contributed by atoms with Crippen LogP contribution in [0.15, 0.2) is 0 Å². The predicted octanol–water partition coefficient (Wildman–Crippen LogP) is -1.12. The summed E-state index contributed by atoms with van der Waals surface area (Å²) in [5, 5.41) is 20.7. The van der Waals surface area contributed by atoms with E-state index in [0.29, 0.717) is 10.0 Å². The van der Waals surface area contributed by atoms with Gasteiger partial charge in [-0.2, -0.15) is 0 Å². The van der Waals surface area contributed by atoms with Crippen LogP contribution in [-0.2, 0) is 9.53 Å². The van der Waals surface area contributed by atoms with E-state index in [1.807, 2.05) is 0 Å². The van der Waals surface area contributed by atoms with E-state index in [1.54, 1.807) is 0 Å². The van der Waals surface area contributed by atoms with Gasteiger partial charge in [0.15, 0.2) is 10.1 Å². The van der Waals surface area contributed by atoms with Crippen LogP contribution in [-0.4, -0.2) is 51.9 Å². The van der Waals surface area contributed by atoms with Crippen LogP contribution in [0.5, 0.6) is 0 Å². The molecule has 1 fully saturated rings. The molecule has 0 N–H and O–H groups in total. The van der Waals surface area contributed by atoms with Crippen molar-refractivity contribution in [1.29, 1.82) is 0 Å². The Bertz CT molecular complexity index is 298. The lowest BCUT2D eigenvalue weighted by atomic mass is 10.3. The molecule has 1 heterocycles. The molecule has 1 saturated heterocycles. The first-order valence-electron chi connectivity index (χ1n) is 4.36. The monoisotopic (exact) mass is 234 g/mol. The first-order chi connectivity index (χ1) is 7.40. The highest BCUT2D eigenvalue weighted by molar-refractivity contribution is 5.66. The Morgan fingerprint density at radius 1 is 1.25 bits per heavy atom. The van der Waals surface area contributed by atoms with E-state index >= 15 is 0 Å². The van der Waals surface area contributed by atoms with Gasteiger partial charge >= 0.3 is 5.97 Å². The molecule has 1 aliphatic rings. The SMILES string of the molecule is CC(=O)OC1CN([N+](=O)[O-])CN([N+](=O)[O-])C1. The lowest BCUT2D eigenvalue weighted by Gasteiger charge is -2.29. The quantitative estimate of drug-likeness (QED) is 0.342. The summed E-state index contributed by atoms with van der Waals surface area (Å²) in [5.74, 6) is -0.626. The van der Waals surface area contributed by atoms with Crippen molar-refractivity contribution in [3.63, 3.8) is 0 Å². The topological polar surface area (TPSA) is 119 Å². The van der Waals surface area contributed by atoms with Gasteiger partial charge < -0.3 is 4.74 Å². The van der Waals surface area contributed by atoms with Crippen molar-refractivity contribution in [2.45, 2.75) is 13.0 Å². The third-order valence-electron chi connectivity index (χ3n) is 1.95. The lowest BCUT2D eigenvalue weighted by Crippen LogP contribution is -2.56. The zero-order chi connectivity index (χ0) is 12.3. The molecular formula is C6H10N4O6. The maximum atomic E-state index is 10.7. The van der Waals surface area contributed by atoms with E-state index in [-0.39, 0.29) is 13.1 Å². The molecule has 0 aromatic heterocycles. The molecule has 16 heavy (non-hydrogen) atoms. The normalized spacial score (nSPS) is 17.1. The summed E-state index contributed by atoms with van der Waals surface area (Å²) < 4.78 is 4.72. The number of nitrogens with zero attached hydrogens (tertiary/aromatic N) is 4. The fraction of sp³-hybridized carbons (Fsp3) is 0.833. The number of hydrazine groups is 2. The van der Waals surface area contributed by atoms with Crippen molar-refractivity contribution < 1.29 is 19.6 Å². The van der Waals surface area contributed by atoms with Crippen LogP contribution in [0.2, 0.25) is 0 Å². The van der Waals surface area contributed by atoms with Crippen LogP contribution in [0, 0.1) is 20.2 Å². The fourth-order valence-corrected chi connectivity index (χ4v) is 1.38. The van der Waals surface area contributed by atoms with Gasteiger partial charge in [-0.1, -0.05) is 10.0 Å². The smallest absolute Gasteiger partial charge is 0.303 e. The van der Waals surface area contributed by atoms with Crippen LogP contribution in [0.4, 0.5) is 0 Å². The van der Waals surface area contributed by atoms with Gasteiger partial charge in [-0.05, 0) is 0 Å². The van der Waals surface area contributed by atoms with E-state index < -0.39 is 28.8 Å².